The Labute approximate surface area is 147 Å². The summed E-state index contributed by atoms with van der Waals surface area (Å²) in [5.74, 6) is 2.48. The van der Waals surface area contributed by atoms with E-state index in [0.717, 1.165) is 33.8 Å². The van der Waals surface area contributed by atoms with Gasteiger partial charge in [-0.25, -0.2) is 0 Å². The zero-order chi connectivity index (χ0) is 17.6. The summed E-state index contributed by atoms with van der Waals surface area (Å²) in [6.07, 6.45) is 6.16. The second-order valence-corrected chi connectivity index (χ2v) is 6.78. The van der Waals surface area contributed by atoms with E-state index in [1.807, 2.05) is 38.1 Å². The molecule has 0 aromatic heterocycles. The highest BCUT2D eigenvalue weighted by molar-refractivity contribution is 5.90. The molecule has 0 unspecified atom stereocenters. The van der Waals surface area contributed by atoms with Crippen LogP contribution in [0, 0.1) is 0 Å². The molecule has 0 fully saturated rings. The monoisotopic (exact) mass is 336 g/mol. The molecule has 0 aliphatic carbocycles. The summed E-state index contributed by atoms with van der Waals surface area (Å²) < 4.78 is 17.5. The van der Waals surface area contributed by atoms with Gasteiger partial charge in [-0.1, -0.05) is 0 Å². The minimum atomic E-state index is -0.326. The number of phenols is 1. The van der Waals surface area contributed by atoms with Crippen LogP contribution in [-0.2, 0) is 0 Å². The average Bonchev–Trinajstić information content (AvgIpc) is 2.59. The highest BCUT2D eigenvalue weighted by atomic mass is 16.5. The Morgan fingerprint density at radius 3 is 2.76 bits per heavy atom. The molecule has 4 nitrogen and oxygen atoms in total. The molecule has 4 rings (SSSR count). The van der Waals surface area contributed by atoms with E-state index >= 15 is 0 Å². The summed E-state index contributed by atoms with van der Waals surface area (Å²) in [6.45, 7) is 4.47. The van der Waals surface area contributed by atoms with Gasteiger partial charge in [0, 0.05) is 22.8 Å². The molecule has 0 spiro atoms. The first kappa shape index (κ1) is 15.6. The number of fused-ring (bicyclic) bond motifs is 2. The molecule has 128 valence electrons. The van der Waals surface area contributed by atoms with E-state index < -0.39 is 0 Å². The summed E-state index contributed by atoms with van der Waals surface area (Å²) in [5, 5.41) is 9.59. The van der Waals surface area contributed by atoms with Crippen molar-refractivity contribution in [2.45, 2.75) is 19.4 Å². The first-order chi connectivity index (χ1) is 12.0. The topological polar surface area (TPSA) is 47.9 Å². The van der Waals surface area contributed by atoms with E-state index in [2.05, 4.69) is 12.2 Å². The van der Waals surface area contributed by atoms with Crippen molar-refractivity contribution in [3.8, 4) is 23.0 Å². The van der Waals surface area contributed by atoms with Gasteiger partial charge >= 0.3 is 0 Å². The molecule has 0 bridgehead atoms. The quantitative estimate of drug-likeness (QED) is 0.876. The van der Waals surface area contributed by atoms with Crippen molar-refractivity contribution < 1.29 is 19.3 Å². The third-order valence-corrected chi connectivity index (χ3v) is 4.44. The van der Waals surface area contributed by atoms with E-state index in [9.17, 15) is 5.11 Å². The molecule has 0 saturated carbocycles. The second-order valence-electron chi connectivity index (χ2n) is 6.78. The van der Waals surface area contributed by atoms with E-state index in [0.29, 0.717) is 12.4 Å². The highest BCUT2D eigenvalue weighted by Crippen LogP contribution is 2.43. The van der Waals surface area contributed by atoms with Gasteiger partial charge in [-0.3, -0.25) is 0 Å². The third-order valence-electron chi connectivity index (χ3n) is 4.44. The fourth-order valence-electron chi connectivity index (χ4n) is 3.21. The van der Waals surface area contributed by atoms with Crippen LogP contribution in [0.3, 0.4) is 0 Å². The molecule has 0 saturated heterocycles. The molecule has 2 heterocycles. The molecule has 1 N–H and O–H groups in total. The fourth-order valence-corrected chi connectivity index (χ4v) is 3.21. The standard InChI is InChI=1S/C21H20O4/c1-21(2)9-8-17-18(25-21)7-6-16(20(17)23-3)14-10-13-4-5-15(22)11-19(13)24-12-14/h4-11,22H,12H2,1-3H3. The average molecular weight is 336 g/mol. The zero-order valence-corrected chi connectivity index (χ0v) is 14.5. The predicted molar refractivity (Wildman–Crippen MR) is 98.2 cm³/mol. The maximum Gasteiger partial charge on any atom is 0.137 e. The van der Waals surface area contributed by atoms with Gasteiger partial charge in [-0.05, 0) is 56.3 Å². The zero-order valence-electron chi connectivity index (χ0n) is 14.5. The number of phenolic OH excluding ortho intramolecular Hbond substituents is 1. The van der Waals surface area contributed by atoms with Crippen molar-refractivity contribution >= 4 is 17.7 Å². The lowest BCUT2D eigenvalue weighted by atomic mass is 9.95. The number of aromatic hydroxyl groups is 1. The van der Waals surface area contributed by atoms with Crippen molar-refractivity contribution in [2.75, 3.05) is 13.7 Å². The smallest absolute Gasteiger partial charge is 0.137 e. The number of ether oxygens (including phenoxy) is 3. The Balaban J connectivity index is 1.81. The van der Waals surface area contributed by atoms with Gasteiger partial charge in [0.2, 0.25) is 0 Å². The first-order valence-corrected chi connectivity index (χ1v) is 8.23. The van der Waals surface area contributed by atoms with Crippen molar-refractivity contribution in [3.05, 3.63) is 53.1 Å². The molecule has 0 atom stereocenters. The molecule has 2 aliphatic rings. The van der Waals surface area contributed by atoms with Crippen LogP contribution < -0.4 is 14.2 Å². The molecule has 4 heteroatoms. The Bertz CT molecular complexity index is 906. The van der Waals surface area contributed by atoms with E-state index in [1.165, 1.54) is 0 Å². The number of hydrogen-bond donors (Lipinski definition) is 1. The maximum absolute atomic E-state index is 9.59. The number of hydrogen-bond acceptors (Lipinski definition) is 4. The Morgan fingerprint density at radius 1 is 1.12 bits per heavy atom. The van der Waals surface area contributed by atoms with Crippen molar-refractivity contribution in [1.29, 1.82) is 0 Å². The van der Waals surface area contributed by atoms with E-state index in [-0.39, 0.29) is 11.4 Å². The SMILES string of the molecule is COc1c(C2=Cc3ccc(O)cc3OC2)ccc2c1C=CC(C)(C)O2. The predicted octanol–water partition coefficient (Wildman–Crippen LogP) is 4.52. The third kappa shape index (κ3) is 2.74. The number of methoxy groups -OCH3 is 1. The highest BCUT2D eigenvalue weighted by Gasteiger charge is 2.26. The van der Waals surface area contributed by atoms with Crippen LogP contribution in [0.2, 0.25) is 0 Å². The fraction of sp³-hybridized carbons (Fsp3) is 0.238. The maximum atomic E-state index is 9.59. The molecule has 0 radical (unpaired) electrons. The summed E-state index contributed by atoms with van der Waals surface area (Å²) in [7, 11) is 1.67. The molecular formula is C21H20O4. The Morgan fingerprint density at radius 2 is 1.96 bits per heavy atom. The number of benzene rings is 2. The van der Waals surface area contributed by atoms with Crippen LogP contribution in [0.15, 0.2) is 36.4 Å². The second kappa shape index (κ2) is 5.59. The van der Waals surface area contributed by atoms with E-state index in [1.54, 1.807) is 19.2 Å². The van der Waals surface area contributed by atoms with Crippen LogP contribution in [0.5, 0.6) is 23.0 Å². The van der Waals surface area contributed by atoms with Gasteiger partial charge in [0.05, 0.1) is 12.7 Å². The molecule has 0 amide bonds. The Kier molecular flexibility index (Phi) is 3.49. The summed E-state index contributed by atoms with van der Waals surface area (Å²) >= 11 is 0. The minimum Gasteiger partial charge on any atom is -0.508 e. The lowest BCUT2D eigenvalue weighted by molar-refractivity contribution is 0.158. The summed E-state index contributed by atoms with van der Waals surface area (Å²) in [4.78, 5) is 0. The van der Waals surface area contributed by atoms with Crippen molar-refractivity contribution in [2.24, 2.45) is 0 Å². The van der Waals surface area contributed by atoms with Crippen LogP contribution in [0.4, 0.5) is 0 Å². The normalized spacial score (nSPS) is 16.8. The van der Waals surface area contributed by atoms with Crippen molar-refractivity contribution in [3.63, 3.8) is 0 Å². The van der Waals surface area contributed by atoms with Crippen molar-refractivity contribution in [1.82, 2.24) is 0 Å². The lowest BCUT2D eigenvalue weighted by Gasteiger charge is -2.29. The van der Waals surface area contributed by atoms with Crippen LogP contribution in [0.25, 0.3) is 17.7 Å². The molecule has 2 aromatic rings. The summed E-state index contributed by atoms with van der Waals surface area (Å²) in [5.41, 5.74) is 3.56. The van der Waals surface area contributed by atoms with Crippen LogP contribution in [0.1, 0.15) is 30.5 Å². The lowest BCUT2D eigenvalue weighted by Crippen LogP contribution is -2.27. The van der Waals surface area contributed by atoms with Gasteiger partial charge < -0.3 is 19.3 Å². The van der Waals surface area contributed by atoms with Gasteiger partial charge in [-0.2, -0.15) is 0 Å². The van der Waals surface area contributed by atoms with Gasteiger partial charge in [-0.15, -0.1) is 0 Å². The van der Waals surface area contributed by atoms with Crippen LogP contribution in [-0.4, -0.2) is 24.4 Å². The molecule has 25 heavy (non-hydrogen) atoms. The Hall–Kier alpha value is -2.88. The molecule has 2 aliphatic heterocycles. The summed E-state index contributed by atoms with van der Waals surface area (Å²) in [6, 6.07) is 9.12. The van der Waals surface area contributed by atoms with Gasteiger partial charge in [0.1, 0.15) is 35.2 Å². The first-order valence-electron chi connectivity index (χ1n) is 8.23. The molecule has 2 aromatic carbocycles. The number of rotatable bonds is 2. The van der Waals surface area contributed by atoms with E-state index in [4.69, 9.17) is 14.2 Å². The largest absolute Gasteiger partial charge is 0.508 e. The van der Waals surface area contributed by atoms with Gasteiger partial charge in [0.25, 0.3) is 0 Å². The minimum absolute atomic E-state index is 0.201. The van der Waals surface area contributed by atoms with Gasteiger partial charge in [0.15, 0.2) is 0 Å². The van der Waals surface area contributed by atoms with Crippen LogP contribution >= 0.6 is 0 Å². The molecular weight excluding hydrogens is 316 g/mol.